The molecular weight excluding hydrogens is 364 g/mol. The van der Waals surface area contributed by atoms with Gasteiger partial charge in [0, 0.05) is 18.1 Å². The molecule has 114 valence electrons. The number of furan rings is 1. The van der Waals surface area contributed by atoms with Gasteiger partial charge in [0.15, 0.2) is 10.4 Å². The lowest BCUT2D eigenvalue weighted by molar-refractivity contribution is -0.148. The summed E-state index contributed by atoms with van der Waals surface area (Å²) in [5.41, 5.74) is 0. The molecule has 2 rings (SSSR count). The van der Waals surface area contributed by atoms with Gasteiger partial charge in [-0.1, -0.05) is 0 Å². The second-order valence-corrected chi connectivity index (χ2v) is 6.23. The molecule has 1 fully saturated rings. The Balaban J connectivity index is 1.91. The van der Waals surface area contributed by atoms with Crippen LogP contribution in [0.4, 0.5) is 0 Å². The standard InChI is InChI=1S/C12H13BrN2O5S/c13-9-2-1-8(20-9)11(17)14-5-10(16)15-3-4-21-6-7(15)12(18)19/h1-2,7H,3-6H2,(H,14,17)(H,18,19). The number of rotatable bonds is 4. The highest BCUT2D eigenvalue weighted by Gasteiger charge is 2.32. The number of carboxylic acids is 1. The molecule has 2 heterocycles. The second kappa shape index (κ2) is 6.99. The van der Waals surface area contributed by atoms with E-state index in [-0.39, 0.29) is 12.3 Å². The maximum Gasteiger partial charge on any atom is 0.327 e. The SMILES string of the molecule is O=C(NCC(=O)N1CCSCC1C(=O)O)c1ccc(Br)o1. The van der Waals surface area contributed by atoms with Gasteiger partial charge >= 0.3 is 5.97 Å². The Labute approximate surface area is 133 Å². The highest BCUT2D eigenvalue weighted by atomic mass is 79.9. The van der Waals surface area contributed by atoms with Crippen LogP contribution >= 0.6 is 27.7 Å². The van der Waals surface area contributed by atoms with E-state index in [0.717, 1.165) is 0 Å². The number of hydrogen-bond donors (Lipinski definition) is 2. The second-order valence-electron chi connectivity index (χ2n) is 4.30. The first-order valence-corrected chi connectivity index (χ1v) is 8.07. The molecule has 0 aromatic carbocycles. The highest BCUT2D eigenvalue weighted by molar-refractivity contribution is 9.10. The largest absolute Gasteiger partial charge is 0.480 e. The number of halogens is 1. The summed E-state index contributed by atoms with van der Waals surface area (Å²) in [6.07, 6.45) is 0. The first kappa shape index (κ1) is 15.9. The van der Waals surface area contributed by atoms with E-state index in [9.17, 15) is 14.4 Å². The molecule has 2 N–H and O–H groups in total. The van der Waals surface area contributed by atoms with E-state index in [4.69, 9.17) is 9.52 Å². The van der Waals surface area contributed by atoms with E-state index in [1.807, 2.05) is 0 Å². The Morgan fingerprint density at radius 3 is 2.86 bits per heavy atom. The molecule has 1 unspecified atom stereocenters. The quantitative estimate of drug-likeness (QED) is 0.805. The minimum absolute atomic E-state index is 0.0821. The predicted octanol–water partition coefficient (Wildman–Crippen LogP) is 0.801. The van der Waals surface area contributed by atoms with E-state index in [1.54, 1.807) is 6.07 Å². The lowest BCUT2D eigenvalue weighted by Gasteiger charge is -2.32. The highest BCUT2D eigenvalue weighted by Crippen LogP contribution is 2.17. The zero-order chi connectivity index (χ0) is 15.4. The van der Waals surface area contributed by atoms with Crippen LogP contribution in [0.2, 0.25) is 0 Å². The van der Waals surface area contributed by atoms with Crippen molar-refractivity contribution in [1.29, 1.82) is 0 Å². The molecule has 1 aromatic heterocycles. The summed E-state index contributed by atoms with van der Waals surface area (Å²) in [6, 6.07) is 2.20. The molecule has 1 aliphatic heterocycles. The van der Waals surface area contributed by atoms with Crippen LogP contribution in [-0.2, 0) is 9.59 Å². The molecular formula is C12H13BrN2O5S. The molecule has 9 heteroatoms. The summed E-state index contributed by atoms with van der Waals surface area (Å²) in [7, 11) is 0. The van der Waals surface area contributed by atoms with Gasteiger partial charge in [0.1, 0.15) is 6.04 Å². The summed E-state index contributed by atoms with van der Waals surface area (Å²) in [5, 5.41) is 11.5. The molecule has 1 saturated heterocycles. The van der Waals surface area contributed by atoms with Gasteiger partial charge in [-0.25, -0.2) is 4.79 Å². The number of hydrogen-bond acceptors (Lipinski definition) is 5. The fourth-order valence-corrected chi connectivity index (χ4v) is 3.23. The third kappa shape index (κ3) is 4.01. The van der Waals surface area contributed by atoms with Gasteiger partial charge in [-0.2, -0.15) is 11.8 Å². The summed E-state index contributed by atoms with van der Waals surface area (Å²) in [6.45, 7) is 0.105. The number of carbonyl (C=O) groups is 3. The Hall–Kier alpha value is -1.48. The molecule has 0 bridgehead atoms. The van der Waals surface area contributed by atoms with E-state index < -0.39 is 23.8 Å². The number of nitrogens with one attached hydrogen (secondary N) is 1. The number of carboxylic acid groups (broad SMARTS) is 1. The zero-order valence-corrected chi connectivity index (χ0v) is 13.3. The van der Waals surface area contributed by atoms with Gasteiger partial charge in [0.25, 0.3) is 5.91 Å². The van der Waals surface area contributed by atoms with Gasteiger partial charge in [-0.05, 0) is 28.1 Å². The molecule has 0 saturated carbocycles. The van der Waals surface area contributed by atoms with E-state index in [2.05, 4.69) is 21.2 Å². The fraction of sp³-hybridized carbons (Fsp3) is 0.417. The van der Waals surface area contributed by atoms with Crippen LogP contribution in [0.15, 0.2) is 21.2 Å². The van der Waals surface area contributed by atoms with E-state index in [1.165, 1.54) is 22.7 Å². The van der Waals surface area contributed by atoms with Crippen molar-refractivity contribution < 1.29 is 23.9 Å². The number of aliphatic carboxylic acids is 1. The number of nitrogens with zero attached hydrogens (tertiary/aromatic N) is 1. The molecule has 0 spiro atoms. The summed E-state index contributed by atoms with van der Waals surface area (Å²) >= 11 is 4.57. The summed E-state index contributed by atoms with van der Waals surface area (Å²) in [4.78, 5) is 36.2. The first-order valence-electron chi connectivity index (χ1n) is 6.12. The van der Waals surface area contributed by atoms with Crippen molar-refractivity contribution >= 4 is 45.5 Å². The lowest BCUT2D eigenvalue weighted by Crippen LogP contribution is -2.53. The number of thioether (sulfide) groups is 1. The number of carbonyl (C=O) groups excluding carboxylic acids is 2. The molecule has 1 atom stereocenters. The lowest BCUT2D eigenvalue weighted by atomic mass is 10.2. The van der Waals surface area contributed by atoms with Crippen molar-refractivity contribution in [3.8, 4) is 0 Å². The normalized spacial score (nSPS) is 18.3. The topological polar surface area (TPSA) is 99.9 Å². The Morgan fingerprint density at radius 2 is 2.24 bits per heavy atom. The van der Waals surface area contributed by atoms with Gasteiger partial charge in [0.05, 0.1) is 6.54 Å². The predicted molar refractivity (Wildman–Crippen MR) is 79.2 cm³/mol. The van der Waals surface area contributed by atoms with Crippen LogP contribution in [0.5, 0.6) is 0 Å². The smallest absolute Gasteiger partial charge is 0.327 e. The van der Waals surface area contributed by atoms with Crippen molar-refractivity contribution in [2.24, 2.45) is 0 Å². The maximum absolute atomic E-state index is 12.1. The van der Waals surface area contributed by atoms with Gasteiger partial charge < -0.3 is 19.7 Å². The number of amides is 2. The maximum atomic E-state index is 12.1. The molecule has 0 aliphatic carbocycles. The Bertz CT molecular complexity index is 562. The average Bonchev–Trinajstić information content (AvgIpc) is 2.91. The van der Waals surface area contributed by atoms with Gasteiger partial charge in [-0.3, -0.25) is 9.59 Å². The van der Waals surface area contributed by atoms with Crippen LogP contribution in [0.1, 0.15) is 10.6 Å². The van der Waals surface area contributed by atoms with E-state index in [0.29, 0.717) is 22.7 Å². The van der Waals surface area contributed by atoms with Gasteiger partial charge in [-0.15, -0.1) is 0 Å². The van der Waals surface area contributed by atoms with Crippen LogP contribution in [0.25, 0.3) is 0 Å². The third-order valence-corrected chi connectivity index (χ3v) is 4.38. The molecule has 1 aliphatic rings. The molecule has 7 nitrogen and oxygen atoms in total. The van der Waals surface area contributed by atoms with Crippen LogP contribution in [0, 0.1) is 0 Å². The van der Waals surface area contributed by atoms with E-state index >= 15 is 0 Å². The zero-order valence-electron chi connectivity index (χ0n) is 10.9. The minimum atomic E-state index is -1.03. The Morgan fingerprint density at radius 1 is 1.48 bits per heavy atom. The van der Waals surface area contributed by atoms with Crippen molar-refractivity contribution in [3.63, 3.8) is 0 Å². The summed E-state index contributed by atoms with van der Waals surface area (Å²) in [5.74, 6) is -0.834. The summed E-state index contributed by atoms with van der Waals surface area (Å²) < 4.78 is 5.48. The molecule has 21 heavy (non-hydrogen) atoms. The van der Waals surface area contributed by atoms with Crippen molar-refractivity contribution in [3.05, 3.63) is 22.6 Å². The molecule has 1 aromatic rings. The fourth-order valence-electron chi connectivity index (χ4n) is 1.89. The first-order chi connectivity index (χ1) is 9.99. The van der Waals surface area contributed by atoms with Crippen LogP contribution in [0.3, 0.4) is 0 Å². The monoisotopic (exact) mass is 376 g/mol. The van der Waals surface area contributed by atoms with Gasteiger partial charge in [0.2, 0.25) is 5.91 Å². The molecule has 2 amide bonds. The average molecular weight is 377 g/mol. The van der Waals surface area contributed by atoms with Crippen LogP contribution < -0.4 is 5.32 Å². The molecule has 0 radical (unpaired) electrons. The van der Waals surface area contributed by atoms with Crippen molar-refractivity contribution in [1.82, 2.24) is 10.2 Å². The van der Waals surface area contributed by atoms with Crippen molar-refractivity contribution in [2.45, 2.75) is 6.04 Å². The van der Waals surface area contributed by atoms with Crippen molar-refractivity contribution in [2.75, 3.05) is 24.6 Å². The minimum Gasteiger partial charge on any atom is -0.480 e. The van der Waals surface area contributed by atoms with Crippen LogP contribution in [-0.4, -0.2) is 58.4 Å². The third-order valence-electron chi connectivity index (χ3n) is 2.93. The Kier molecular flexibility index (Phi) is 5.29.